The predicted octanol–water partition coefficient (Wildman–Crippen LogP) is 2.94. The van der Waals surface area contributed by atoms with Gasteiger partial charge in [-0.3, -0.25) is 0 Å². The summed E-state index contributed by atoms with van der Waals surface area (Å²) >= 11 is 5.93. The van der Waals surface area contributed by atoms with E-state index in [1.165, 1.54) is 0 Å². The highest BCUT2D eigenvalue weighted by Crippen LogP contribution is 2.34. The highest BCUT2D eigenvalue weighted by atomic mass is 35.5. The number of carbonyl (C=O) groups excluding carboxylic acids is 1. The van der Waals surface area contributed by atoms with Gasteiger partial charge in [-0.25, -0.2) is 4.79 Å². The van der Waals surface area contributed by atoms with Crippen LogP contribution in [0.25, 0.3) is 4.91 Å². The van der Waals surface area contributed by atoms with E-state index in [0.717, 1.165) is 12.8 Å². The van der Waals surface area contributed by atoms with Gasteiger partial charge in [0.2, 0.25) is 0 Å². The van der Waals surface area contributed by atoms with Crippen molar-refractivity contribution in [2.24, 2.45) is 4.40 Å². The Bertz CT molecular complexity index is 910. The minimum atomic E-state index is -3.76. The van der Waals surface area contributed by atoms with Crippen molar-refractivity contribution in [2.45, 2.75) is 26.7 Å². The number of urea groups is 1. The van der Waals surface area contributed by atoms with E-state index in [1.807, 2.05) is 11.8 Å². The van der Waals surface area contributed by atoms with Crippen molar-refractivity contribution in [1.82, 2.24) is 15.1 Å². The first kappa shape index (κ1) is 20.7. The molecule has 9 heteroatoms. The number of nitrogens with one attached hydrogen (secondary N) is 1. The number of hydrogen-bond donors (Lipinski definition) is 1. The Labute approximate surface area is 171 Å². The number of amidine groups is 1. The smallest absolute Gasteiger partial charge is 0.317 e. The second-order valence-corrected chi connectivity index (χ2v) is 8.89. The van der Waals surface area contributed by atoms with Crippen LogP contribution >= 0.6 is 11.6 Å². The molecule has 1 aromatic carbocycles. The van der Waals surface area contributed by atoms with Gasteiger partial charge in [0, 0.05) is 43.3 Å². The summed E-state index contributed by atoms with van der Waals surface area (Å²) < 4.78 is 29.5. The number of rotatable bonds is 3. The zero-order valence-electron chi connectivity index (χ0n) is 16.1. The fraction of sp³-hybridized carbons (Fsp3) is 0.474. The second-order valence-electron chi connectivity index (χ2n) is 6.91. The van der Waals surface area contributed by atoms with Gasteiger partial charge in [-0.1, -0.05) is 30.7 Å². The van der Waals surface area contributed by atoms with Crippen molar-refractivity contribution in [1.29, 1.82) is 0 Å². The molecular formula is C19H25ClN4O3S. The quantitative estimate of drug-likeness (QED) is 0.808. The molecule has 0 saturated carbocycles. The van der Waals surface area contributed by atoms with Crippen LogP contribution in [0, 0.1) is 0 Å². The molecule has 1 aromatic rings. The number of halogens is 1. The van der Waals surface area contributed by atoms with Gasteiger partial charge in [0.05, 0.1) is 0 Å². The van der Waals surface area contributed by atoms with Crippen LogP contribution in [0.5, 0.6) is 0 Å². The molecule has 0 atom stereocenters. The summed E-state index contributed by atoms with van der Waals surface area (Å²) in [5.74, 6) is 0.473. The molecule has 1 saturated heterocycles. The predicted molar refractivity (Wildman–Crippen MR) is 112 cm³/mol. The van der Waals surface area contributed by atoms with Crippen LogP contribution in [0.15, 0.2) is 34.2 Å². The summed E-state index contributed by atoms with van der Waals surface area (Å²) in [4.78, 5) is 16.2. The first-order chi connectivity index (χ1) is 13.3. The molecule has 2 aliphatic rings. The molecule has 0 bridgehead atoms. The molecule has 0 radical (unpaired) electrons. The minimum absolute atomic E-state index is 0.0706. The molecule has 28 heavy (non-hydrogen) atoms. The second kappa shape index (κ2) is 8.53. The van der Waals surface area contributed by atoms with Crippen LogP contribution in [0.3, 0.4) is 0 Å². The SMILES string of the molecule is CCCNC(=O)N1CCCN(C2=NS(=O)(=O)C(c3ccc(Cl)cc3)=C2C)CC1. The van der Waals surface area contributed by atoms with Gasteiger partial charge in [0.1, 0.15) is 10.7 Å². The van der Waals surface area contributed by atoms with Gasteiger partial charge >= 0.3 is 6.03 Å². The standard InChI is InChI=1S/C19H25ClN4O3S/c1-3-9-21-19(25)24-11-4-10-23(12-13-24)18-14(2)17(28(26,27)22-18)15-5-7-16(20)8-6-15/h5-8H,3-4,9-13H2,1-2H3,(H,21,25). The average molecular weight is 425 g/mol. The largest absolute Gasteiger partial charge is 0.354 e. The molecule has 0 aromatic heterocycles. The van der Waals surface area contributed by atoms with Gasteiger partial charge in [0.15, 0.2) is 0 Å². The highest BCUT2D eigenvalue weighted by Gasteiger charge is 2.34. The molecule has 3 rings (SSSR count). The highest BCUT2D eigenvalue weighted by molar-refractivity contribution is 8.00. The number of benzene rings is 1. The fourth-order valence-electron chi connectivity index (χ4n) is 3.46. The summed E-state index contributed by atoms with van der Waals surface area (Å²) in [6.07, 6.45) is 1.64. The maximum absolute atomic E-state index is 12.7. The molecule has 152 valence electrons. The first-order valence-corrected chi connectivity index (χ1v) is 11.2. The molecule has 0 aliphatic carbocycles. The lowest BCUT2D eigenvalue weighted by molar-refractivity contribution is 0.200. The summed E-state index contributed by atoms with van der Waals surface area (Å²) in [5, 5.41) is 3.44. The van der Waals surface area contributed by atoms with Gasteiger partial charge in [-0.2, -0.15) is 8.42 Å². The normalized spacial score (nSPS) is 19.5. The molecule has 0 spiro atoms. The van der Waals surface area contributed by atoms with Crippen LogP contribution in [-0.2, 0) is 10.0 Å². The number of nitrogens with zero attached hydrogens (tertiary/aromatic N) is 3. The minimum Gasteiger partial charge on any atom is -0.354 e. The van der Waals surface area contributed by atoms with E-state index >= 15 is 0 Å². The molecule has 2 amide bonds. The van der Waals surface area contributed by atoms with Gasteiger partial charge in [-0.15, -0.1) is 4.40 Å². The fourth-order valence-corrected chi connectivity index (χ4v) is 5.07. The number of sulfonamides is 1. The zero-order chi connectivity index (χ0) is 20.3. The van der Waals surface area contributed by atoms with E-state index in [2.05, 4.69) is 9.71 Å². The monoisotopic (exact) mass is 424 g/mol. The molecule has 2 heterocycles. The van der Waals surface area contributed by atoms with Crippen molar-refractivity contribution in [2.75, 3.05) is 32.7 Å². The zero-order valence-corrected chi connectivity index (χ0v) is 17.7. The van der Waals surface area contributed by atoms with Gasteiger partial charge in [-0.05, 0) is 37.5 Å². The Kier molecular flexibility index (Phi) is 6.30. The molecule has 1 N–H and O–H groups in total. The van der Waals surface area contributed by atoms with Gasteiger partial charge < -0.3 is 15.1 Å². The summed E-state index contributed by atoms with van der Waals surface area (Å²) in [6, 6.07) is 6.66. The molecule has 2 aliphatic heterocycles. The Hall–Kier alpha value is -2.06. The molecule has 0 unspecified atom stereocenters. The average Bonchev–Trinajstić information content (AvgIpc) is 2.83. The van der Waals surface area contributed by atoms with E-state index in [-0.39, 0.29) is 10.9 Å². The summed E-state index contributed by atoms with van der Waals surface area (Å²) in [5.41, 5.74) is 1.21. The van der Waals surface area contributed by atoms with E-state index in [0.29, 0.717) is 54.7 Å². The van der Waals surface area contributed by atoms with E-state index in [9.17, 15) is 13.2 Å². The van der Waals surface area contributed by atoms with Gasteiger partial charge in [0.25, 0.3) is 10.0 Å². The maximum Gasteiger partial charge on any atom is 0.317 e. The van der Waals surface area contributed by atoms with Crippen molar-refractivity contribution >= 4 is 38.4 Å². The summed E-state index contributed by atoms with van der Waals surface area (Å²) in [6.45, 7) is 6.80. The van der Waals surface area contributed by atoms with Crippen molar-refractivity contribution in [3.63, 3.8) is 0 Å². The molecule has 7 nitrogen and oxygen atoms in total. The van der Waals surface area contributed by atoms with Crippen molar-refractivity contribution in [3.05, 3.63) is 40.4 Å². The summed E-state index contributed by atoms with van der Waals surface area (Å²) in [7, 11) is -3.76. The van der Waals surface area contributed by atoms with E-state index in [4.69, 9.17) is 11.6 Å². The van der Waals surface area contributed by atoms with Crippen LogP contribution in [-0.4, -0.2) is 62.8 Å². The lowest BCUT2D eigenvalue weighted by Gasteiger charge is -2.24. The Morgan fingerprint density at radius 1 is 1.18 bits per heavy atom. The molecular weight excluding hydrogens is 400 g/mol. The van der Waals surface area contributed by atoms with Crippen molar-refractivity contribution in [3.8, 4) is 0 Å². The number of hydrogen-bond acceptors (Lipinski definition) is 4. The maximum atomic E-state index is 12.7. The third kappa shape index (κ3) is 4.33. The molecule has 1 fully saturated rings. The Morgan fingerprint density at radius 2 is 1.89 bits per heavy atom. The van der Waals surface area contributed by atoms with Crippen LogP contribution < -0.4 is 5.32 Å². The number of amides is 2. The van der Waals surface area contributed by atoms with Crippen LogP contribution in [0.1, 0.15) is 32.3 Å². The van der Waals surface area contributed by atoms with E-state index in [1.54, 1.807) is 36.1 Å². The van der Waals surface area contributed by atoms with E-state index < -0.39 is 10.0 Å². The first-order valence-electron chi connectivity index (χ1n) is 9.43. The number of carbonyl (C=O) groups is 1. The lowest BCUT2D eigenvalue weighted by Crippen LogP contribution is -2.42. The van der Waals surface area contributed by atoms with Crippen LogP contribution in [0.2, 0.25) is 5.02 Å². The van der Waals surface area contributed by atoms with Crippen molar-refractivity contribution < 1.29 is 13.2 Å². The third-order valence-electron chi connectivity index (χ3n) is 4.86. The van der Waals surface area contributed by atoms with Crippen LogP contribution in [0.4, 0.5) is 4.79 Å². The topological polar surface area (TPSA) is 82.1 Å². The Morgan fingerprint density at radius 3 is 2.57 bits per heavy atom. The lowest BCUT2D eigenvalue weighted by atomic mass is 10.1. The Balaban J connectivity index is 1.80. The third-order valence-corrected chi connectivity index (χ3v) is 6.58.